The van der Waals surface area contributed by atoms with Gasteiger partial charge in [0, 0.05) is 99.2 Å². The second kappa shape index (κ2) is 16.9. The van der Waals surface area contributed by atoms with E-state index in [1.165, 1.54) is 18.0 Å². The van der Waals surface area contributed by atoms with Crippen molar-refractivity contribution in [3.8, 4) is 11.5 Å². The highest BCUT2D eigenvalue weighted by molar-refractivity contribution is 7.98. The third-order valence-corrected chi connectivity index (χ3v) is 12.6. The highest BCUT2D eigenvalue weighted by Crippen LogP contribution is 2.36. The molecule has 3 aromatic carbocycles. The lowest BCUT2D eigenvalue weighted by Crippen LogP contribution is -2.54. The van der Waals surface area contributed by atoms with Crippen molar-refractivity contribution in [1.29, 1.82) is 0 Å². The minimum Gasteiger partial charge on any atom is -0.455 e. The lowest BCUT2D eigenvalue weighted by molar-refractivity contribution is -0.136. The van der Waals surface area contributed by atoms with Crippen LogP contribution in [0.1, 0.15) is 47.2 Å². The van der Waals surface area contributed by atoms with Crippen LogP contribution in [0.3, 0.4) is 0 Å². The molecule has 0 radical (unpaired) electrons. The summed E-state index contributed by atoms with van der Waals surface area (Å²) < 4.78 is 29.1. The maximum atomic E-state index is 14.2. The summed E-state index contributed by atoms with van der Waals surface area (Å²) in [6.45, 7) is 6.84. The lowest BCUT2D eigenvalue weighted by Gasteiger charge is -2.42. The number of anilines is 3. The van der Waals surface area contributed by atoms with E-state index in [1.807, 2.05) is 65.7 Å². The number of nitrogen functional groups attached to an aromatic ring is 1. The first kappa shape index (κ1) is 38.2. The van der Waals surface area contributed by atoms with E-state index < -0.39 is 0 Å². The number of H-pyrrole nitrogens is 1. The third-order valence-electron chi connectivity index (χ3n) is 11.8. The number of hydrogen-bond donors (Lipinski definition) is 4. The van der Waals surface area contributed by atoms with Crippen LogP contribution in [0.25, 0.3) is 11.0 Å². The van der Waals surface area contributed by atoms with Crippen LogP contribution < -0.4 is 25.4 Å². The number of fused-ring (bicyclic) bond motifs is 2. The van der Waals surface area contributed by atoms with Gasteiger partial charge < -0.3 is 35.3 Å². The highest BCUT2D eigenvalue weighted by Gasteiger charge is 2.39. The number of hydrogen-bond acceptors (Lipinski definition) is 10. The lowest BCUT2D eigenvalue weighted by atomic mass is 9.92. The zero-order valence-electron chi connectivity index (χ0n) is 32.4. The zero-order valence-corrected chi connectivity index (χ0v) is 33.2. The van der Waals surface area contributed by atoms with Gasteiger partial charge in [0.25, 0.3) is 5.91 Å². The van der Waals surface area contributed by atoms with Crippen molar-refractivity contribution >= 4 is 51.9 Å². The number of benzene rings is 3. The molecule has 302 valence electrons. The number of pyridine rings is 1. The Labute approximate surface area is 341 Å². The number of carbonyl (C=O) groups is 2. The molecule has 2 saturated heterocycles. The first-order valence-electron chi connectivity index (χ1n) is 20.3. The van der Waals surface area contributed by atoms with Gasteiger partial charge in [0.1, 0.15) is 23.0 Å². The summed E-state index contributed by atoms with van der Waals surface area (Å²) in [5, 5.41) is 4.38. The van der Waals surface area contributed by atoms with Gasteiger partial charge >= 0.3 is 0 Å². The van der Waals surface area contributed by atoms with E-state index in [0.29, 0.717) is 41.6 Å². The Hall–Kier alpha value is -5.31. The molecule has 3 fully saturated rings. The number of rotatable bonds is 12. The van der Waals surface area contributed by atoms with Crippen LogP contribution in [0.15, 0.2) is 84.0 Å². The standard InChI is InChI=1S/C44H49FN8O4S/c45-33-4-3-31-26-53(44(55)29-1-2-29)35(20-32(31)19-33)27-51-13-15-52(16-14-51)34-5-7-38(41(22-34)57-36-21-30-9-12-47-42(30)49-25-36)43(54)50-58-37-6-8-40(39(46)23-37)48-24-28-10-17-56-18-11-28/h3-9,12,19,21-23,25,28-29,35,48H,1-2,10-11,13-18,20,24,26-27,46H2,(H,47,49)(H,50,54)/t35-/m0/s1. The van der Waals surface area contributed by atoms with Crippen molar-refractivity contribution in [1.82, 2.24) is 24.5 Å². The molecule has 9 rings (SSSR count). The van der Waals surface area contributed by atoms with Gasteiger partial charge in [-0.15, -0.1) is 0 Å². The molecule has 0 spiro atoms. The first-order valence-corrected chi connectivity index (χ1v) is 21.1. The first-order chi connectivity index (χ1) is 28.3. The van der Waals surface area contributed by atoms with Crippen LogP contribution in [0.2, 0.25) is 0 Å². The van der Waals surface area contributed by atoms with E-state index >= 15 is 0 Å². The molecule has 2 aromatic heterocycles. The van der Waals surface area contributed by atoms with Crippen LogP contribution in [0.4, 0.5) is 21.5 Å². The molecule has 4 aliphatic rings. The minimum absolute atomic E-state index is 0.00351. The molecule has 5 N–H and O–H groups in total. The van der Waals surface area contributed by atoms with Crippen molar-refractivity contribution < 1.29 is 23.5 Å². The zero-order chi connectivity index (χ0) is 39.6. The SMILES string of the molecule is Nc1cc(SNC(=O)c2ccc(N3CCN(C[C@@H]4Cc5cc(F)ccc5CN4C(=O)C4CC4)CC3)cc2Oc2cnc3[nH]ccc3c2)ccc1NCC1CCOCC1. The monoisotopic (exact) mass is 804 g/mol. The topological polar surface area (TPSA) is 141 Å². The van der Waals surface area contributed by atoms with E-state index in [0.717, 1.165) is 117 Å². The molecule has 5 aromatic rings. The average molecular weight is 805 g/mol. The van der Waals surface area contributed by atoms with E-state index in [-0.39, 0.29) is 29.6 Å². The number of nitrogens with two attached hydrogens (primary N) is 1. The van der Waals surface area contributed by atoms with Crippen LogP contribution in [-0.4, -0.2) is 90.1 Å². The van der Waals surface area contributed by atoms with Crippen LogP contribution in [0.5, 0.6) is 11.5 Å². The fraction of sp³-hybridized carbons (Fsp3) is 0.386. The molecule has 3 aliphatic heterocycles. The van der Waals surface area contributed by atoms with E-state index in [4.69, 9.17) is 15.2 Å². The van der Waals surface area contributed by atoms with E-state index in [2.05, 4.69) is 29.8 Å². The number of piperazine rings is 1. The van der Waals surface area contributed by atoms with Gasteiger partial charge in [-0.2, -0.15) is 0 Å². The number of nitrogens with zero attached hydrogens (tertiary/aromatic N) is 4. The van der Waals surface area contributed by atoms with Crippen molar-refractivity contribution in [3.05, 3.63) is 102 Å². The number of halogens is 1. The molecule has 0 unspecified atom stereocenters. The van der Waals surface area contributed by atoms with Gasteiger partial charge in [0.2, 0.25) is 5.91 Å². The summed E-state index contributed by atoms with van der Waals surface area (Å²) in [4.78, 5) is 42.4. The molecule has 0 bridgehead atoms. The Morgan fingerprint density at radius 3 is 2.62 bits per heavy atom. The molecule has 58 heavy (non-hydrogen) atoms. The largest absolute Gasteiger partial charge is 0.455 e. The smallest absolute Gasteiger partial charge is 0.265 e. The van der Waals surface area contributed by atoms with Crippen LogP contribution in [-0.2, 0) is 22.5 Å². The van der Waals surface area contributed by atoms with Crippen LogP contribution in [0, 0.1) is 17.7 Å². The molecule has 1 saturated carbocycles. The quantitative estimate of drug-likeness (QED) is 0.0783. The molecular formula is C44H49FN8O4S. The number of nitrogens with one attached hydrogen (secondary N) is 3. The number of ether oxygens (including phenoxy) is 2. The van der Waals surface area contributed by atoms with E-state index in [1.54, 1.807) is 12.3 Å². The maximum absolute atomic E-state index is 14.2. The second-order valence-electron chi connectivity index (χ2n) is 15.9. The molecule has 14 heteroatoms. The van der Waals surface area contributed by atoms with Gasteiger partial charge in [-0.3, -0.25) is 19.2 Å². The summed E-state index contributed by atoms with van der Waals surface area (Å²) in [6, 6.07) is 20.3. The van der Waals surface area contributed by atoms with Gasteiger partial charge in [0.05, 0.1) is 23.1 Å². The number of aromatic amines is 1. The Kier molecular flexibility index (Phi) is 11.1. The Balaban J connectivity index is 0.872. The Morgan fingerprint density at radius 2 is 1.81 bits per heavy atom. The molecule has 5 heterocycles. The molecule has 2 amide bonds. The predicted molar refractivity (Wildman–Crippen MR) is 225 cm³/mol. The van der Waals surface area contributed by atoms with Crippen molar-refractivity contribution in [2.24, 2.45) is 11.8 Å². The molecule has 1 aliphatic carbocycles. The normalized spacial score (nSPS) is 18.9. The van der Waals surface area contributed by atoms with Gasteiger partial charge in [-0.05, 0) is 116 Å². The fourth-order valence-corrected chi connectivity index (χ4v) is 8.94. The van der Waals surface area contributed by atoms with Gasteiger partial charge in [-0.25, -0.2) is 9.37 Å². The molecular weight excluding hydrogens is 756 g/mol. The van der Waals surface area contributed by atoms with Crippen molar-refractivity contribution in [2.45, 2.75) is 49.6 Å². The summed E-state index contributed by atoms with van der Waals surface area (Å²) >= 11 is 1.21. The molecule has 1 atom stereocenters. The predicted octanol–water partition coefficient (Wildman–Crippen LogP) is 6.84. The maximum Gasteiger partial charge on any atom is 0.265 e. The molecule has 12 nitrogen and oxygen atoms in total. The van der Waals surface area contributed by atoms with Crippen molar-refractivity contribution in [3.63, 3.8) is 0 Å². The Morgan fingerprint density at radius 1 is 0.966 bits per heavy atom. The third kappa shape index (κ3) is 8.74. The average Bonchev–Trinajstić information content (AvgIpc) is 3.99. The summed E-state index contributed by atoms with van der Waals surface area (Å²) in [5.41, 5.74) is 12.0. The summed E-state index contributed by atoms with van der Waals surface area (Å²) in [7, 11) is 0. The van der Waals surface area contributed by atoms with Crippen LogP contribution >= 0.6 is 11.9 Å². The number of aromatic nitrogens is 2. The minimum atomic E-state index is -0.299. The van der Waals surface area contributed by atoms with Gasteiger partial charge in [-0.1, -0.05) is 6.07 Å². The summed E-state index contributed by atoms with van der Waals surface area (Å²) in [6.07, 6.45) is 8.13. The van der Waals surface area contributed by atoms with E-state index in [9.17, 15) is 14.0 Å². The van der Waals surface area contributed by atoms with Crippen molar-refractivity contribution in [2.75, 3.05) is 68.4 Å². The summed E-state index contributed by atoms with van der Waals surface area (Å²) in [5.74, 6) is 1.33. The Bertz CT molecular complexity index is 2290. The number of amides is 2. The van der Waals surface area contributed by atoms with Gasteiger partial charge in [0.15, 0.2) is 0 Å². The second-order valence-corrected chi connectivity index (χ2v) is 16.8. The number of carbonyl (C=O) groups excluding carboxylic acids is 2. The fourth-order valence-electron chi connectivity index (χ4n) is 8.30. The highest BCUT2D eigenvalue weighted by atomic mass is 32.2.